The van der Waals surface area contributed by atoms with E-state index >= 15 is 0 Å². The molecule has 0 aliphatic carbocycles. The molecule has 1 aromatic rings. The number of rotatable bonds is 2. The molecule has 0 amide bonds. The fourth-order valence-corrected chi connectivity index (χ4v) is 3.88. The number of sulfonamides is 1. The van der Waals surface area contributed by atoms with Gasteiger partial charge in [-0.05, 0) is 31.9 Å². The van der Waals surface area contributed by atoms with Crippen LogP contribution in [0, 0.1) is 11.6 Å². The Balaban J connectivity index is 2.48. The normalized spacial score (nSPS) is 21.4. The van der Waals surface area contributed by atoms with Crippen molar-refractivity contribution in [3.63, 3.8) is 0 Å². The van der Waals surface area contributed by atoms with Gasteiger partial charge in [0.15, 0.2) is 11.6 Å². The van der Waals surface area contributed by atoms with E-state index in [0.29, 0.717) is 12.6 Å². The van der Waals surface area contributed by atoms with E-state index in [1.807, 2.05) is 0 Å². The van der Waals surface area contributed by atoms with E-state index in [-0.39, 0.29) is 10.9 Å². The molecule has 2 N–H and O–H groups in total. The minimum atomic E-state index is -3.80. The number of hydrogen-bond acceptors (Lipinski definition) is 3. The van der Waals surface area contributed by atoms with Gasteiger partial charge in [-0.1, -0.05) is 0 Å². The van der Waals surface area contributed by atoms with Gasteiger partial charge in [0.2, 0.25) is 10.0 Å². The predicted molar refractivity (Wildman–Crippen MR) is 63.4 cm³/mol. The lowest BCUT2D eigenvalue weighted by Crippen LogP contribution is -2.33. The molecule has 2 rings (SSSR count). The average molecular weight is 276 g/mol. The lowest BCUT2D eigenvalue weighted by molar-refractivity contribution is 0.407. The van der Waals surface area contributed by atoms with Crippen molar-refractivity contribution >= 4 is 15.7 Å². The fourth-order valence-electron chi connectivity index (χ4n) is 2.13. The molecular weight excluding hydrogens is 262 g/mol. The first-order valence-electron chi connectivity index (χ1n) is 5.60. The monoisotopic (exact) mass is 276 g/mol. The maximum atomic E-state index is 13.2. The molecule has 1 saturated heterocycles. The Bertz CT molecular complexity index is 551. The molecule has 0 radical (unpaired) electrons. The Morgan fingerprint density at radius 2 is 2.06 bits per heavy atom. The summed E-state index contributed by atoms with van der Waals surface area (Å²) < 4.78 is 52.0. The summed E-state index contributed by atoms with van der Waals surface area (Å²) in [6.07, 6.45) is 1.53. The van der Waals surface area contributed by atoms with E-state index in [0.717, 1.165) is 18.9 Å². The van der Waals surface area contributed by atoms with Crippen molar-refractivity contribution in [2.75, 3.05) is 12.3 Å². The Morgan fingerprint density at radius 3 is 2.56 bits per heavy atom. The van der Waals surface area contributed by atoms with Crippen molar-refractivity contribution in [3.05, 3.63) is 23.8 Å². The van der Waals surface area contributed by atoms with Crippen LogP contribution >= 0.6 is 0 Å². The van der Waals surface area contributed by atoms with Gasteiger partial charge in [-0.25, -0.2) is 17.2 Å². The van der Waals surface area contributed by atoms with Crippen LogP contribution < -0.4 is 5.73 Å². The highest BCUT2D eigenvalue weighted by Crippen LogP contribution is 2.28. The SMILES string of the molecule is CC1CCCN1S(=O)(=O)c1cc(N)c(F)c(F)c1. The van der Waals surface area contributed by atoms with Crippen LogP contribution in [-0.4, -0.2) is 25.3 Å². The summed E-state index contributed by atoms with van der Waals surface area (Å²) in [4.78, 5) is -0.298. The summed E-state index contributed by atoms with van der Waals surface area (Å²) >= 11 is 0. The van der Waals surface area contributed by atoms with Crippen molar-refractivity contribution in [3.8, 4) is 0 Å². The third-order valence-electron chi connectivity index (χ3n) is 3.13. The molecule has 0 saturated carbocycles. The zero-order valence-corrected chi connectivity index (χ0v) is 10.7. The maximum Gasteiger partial charge on any atom is 0.243 e. The highest BCUT2D eigenvalue weighted by atomic mass is 32.2. The minimum Gasteiger partial charge on any atom is -0.396 e. The summed E-state index contributed by atoms with van der Waals surface area (Å²) in [6, 6.07) is 1.49. The molecule has 1 unspecified atom stereocenters. The second kappa shape index (κ2) is 4.47. The quantitative estimate of drug-likeness (QED) is 0.837. The molecule has 1 aliphatic heterocycles. The summed E-state index contributed by atoms with van der Waals surface area (Å²) in [7, 11) is -3.80. The molecule has 1 aliphatic rings. The standard InChI is InChI=1S/C11H14F2N2O2S/c1-7-3-2-4-15(7)18(16,17)8-5-9(12)11(13)10(14)6-8/h5-7H,2-4,14H2,1H3. The highest BCUT2D eigenvalue weighted by molar-refractivity contribution is 7.89. The first kappa shape index (κ1) is 13.2. The molecule has 1 atom stereocenters. The molecule has 7 heteroatoms. The van der Waals surface area contributed by atoms with Crippen LogP contribution in [0.15, 0.2) is 17.0 Å². The molecule has 100 valence electrons. The number of anilines is 1. The van der Waals surface area contributed by atoms with Gasteiger partial charge in [-0.3, -0.25) is 0 Å². The number of nitrogens with two attached hydrogens (primary N) is 1. The van der Waals surface area contributed by atoms with E-state index in [1.54, 1.807) is 6.92 Å². The molecule has 0 spiro atoms. The molecular formula is C11H14F2N2O2S. The smallest absolute Gasteiger partial charge is 0.243 e. The van der Waals surface area contributed by atoms with Crippen LogP contribution in [-0.2, 0) is 10.0 Å². The van der Waals surface area contributed by atoms with Gasteiger partial charge < -0.3 is 5.73 Å². The zero-order valence-electron chi connectivity index (χ0n) is 9.86. The van der Waals surface area contributed by atoms with Crippen LogP contribution in [0.5, 0.6) is 0 Å². The van der Waals surface area contributed by atoms with E-state index in [4.69, 9.17) is 5.73 Å². The van der Waals surface area contributed by atoms with Crippen molar-refractivity contribution in [2.45, 2.75) is 30.7 Å². The Kier molecular flexibility index (Phi) is 3.29. The average Bonchev–Trinajstić information content (AvgIpc) is 2.72. The van der Waals surface area contributed by atoms with E-state index in [9.17, 15) is 17.2 Å². The third-order valence-corrected chi connectivity index (χ3v) is 5.12. The van der Waals surface area contributed by atoms with Crippen molar-refractivity contribution < 1.29 is 17.2 Å². The van der Waals surface area contributed by atoms with Gasteiger partial charge in [0.05, 0.1) is 10.6 Å². The third kappa shape index (κ3) is 2.08. The van der Waals surface area contributed by atoms with Gasteiger partial charge in [0, 0.05) is 12.6 Å². The van der Waals surface area contributed by atoms with Crippen LogP contribution in [0.1, 0.15) is 19.8 Å². The topological polar surface area (TPSA) is 63.4 Å². The largest absolute Gasteiger partial charge is 0.396 e. The molecule has 4 nitrogen and oxygen atoms in total. The van der Waals surface area contributed by atoms with Gasteiger partial charge in [-0.2, -0.15) is 4.31 Å². The summed E-state index contributed by atoms with van der Waals surface area (Å²) in [5, 5.41) is 0. The van der Waals surface area contributed by atoms with Gasteiger partial charge in [0.25, 0.3) is 0 Å². The Labute approximate surface area is 104 Å². The van der Waals surface area contributed by atoms with Crippen molar-refractivity contribution in [1.29, 1.82) is 0 Å². The Morgan fingerprint density at radius 1 is 1.39 bits per heavy atom. The van der Waals surface area contributed by atoms with Gasteiger partial charge in [-0.15, -0.1) is 0 Å². The highest BCUT2D eigenvalue weighted by Gasteiger charge is 2.33. The van der Waals surface area contributed by atoms with Gasteiger partial charge in [0.1, 0.15) is 0 Å². The van der Waals surface area contributed by atoms with Crippen LogP contribution in [0.4, 0.5) is 14.5 Å². The number of halogens is 2. The van der Waals surface area contributed by atoms with E-state index in [2.05, 4.69) is 0 Å². The van der Waals surface area contributed by atoms with E-state index < -0.39 is 27.3 Å². The van der Waals surface area contributed by atoms with Crippen molar-refractivity contribution in [1.82, 2.24) is 4.31 Å². The molecule has 0 bridgehead atoms. The summed E-state index contributed by atoms with van der Waals surface area (Å²) in [5.74, 6) is -2.47. The second-order valence-corrected chi connectivity index (χ2v) is 6.31. The minimum absolute atomic E-state index is 0.135. The number of benzene rings is 1. The lowest BCUT2D eigenvalue weighted by Gasteiger charge is -2.21. The lowest BCUT2D eigenvalue weighted by atomic mass is 10.3. The molecule has 18 heavy (non-hydrogen) atoms. The molecule has 1 fully saturated rings. The number of nitrogens with zero attached hydrogens (tertiary/aromatic N) is 1. The van der Waals surface area contributed by atoms with Crippen LogP contribution in [0.25, 0.3) is 0 Å². The van der Waals surface area contributed by atoms with Crippen molar-refractivity contribution in [2.24, 2.45) is 0 Å². The molecule has 1 aromatic carbocycles. The first-order chi connectivity index (χ1) is 8.34. The number of nitrogen functional groups attached to an aromatic ring is 1. The summed E-state index contributed by atoms with van der Waals surface area (Å²) in [5.41, 5.74) is 4.75. The fraction of sp³-hybridized carbons (Fsp3) is 0.455. The summed E-state index contributed by atoms with van der Waals surface area (Å²) in [6.45, 7) is 2.18. The van der Waals surface area contributed by atoms with Gasteiger partial charge >= 0.3 is 0 Å². The van der Waals surface area contributed by atoms with Crippen LogP contribution in [0.3, 0.4) is 0 Å². The molecule has 0 aromatic heterocycles. The van der Waals surface area contributed by atoms with E-state index in [1.165, 1.54) is 4.31 Å². The van der Waals surface area contributed by atoms with Crippen LogP contribution in [0.2, 0.25) is 0 Å². The first-order valence-corrected chi connectivity index (χ1v) is 7.04. The zero-order chi connectivity index (χ0) is 13.5. The second-order valence-electron chi connectivity index (χ2n) is 4.42. The number of hydrogen-bond donors (Lipinski definition) is 1. The predicted octanol–water partition coefficient (Wildman–Crippen LogP) is 1.72. The Hall–Kier alpha value is -1.21. The molecule has 1 heterocycles. The maximum absolute atomic E-state index is 13.2.